The molecule has 0 aliphatic heterocycles. The van der Waals surface area contributed by atoms with Gasteiger partial charge in [0, 0.05) is 0 Å². The minimum absolute atomic E-state index is 0.172. The van der Waals surface area contributed by atoms with E-state index in [2.05, 4.69) is 0 Å². The third kappa shape index (κ3) is 2.71. The summed E-state index contributed by atoms with van der Waals surface area (Å²) in [5.41, 5.74) is 0.712. The molecule has 0 atom stereocenters. The van der Waals surface area contributed by atoms with Crippen molar-refractivity contribution >= 4 is 9.84 Å². The highest BCUT2D eigenvalue weighted by Crippen LogP contribution is 2.33. The number of sulfone groups is 1. The second-order valence-corrected chi connectivity index (χ2v) is 9.03. The molecule has 2 nitrogen and oxygen atoms in total. The van der Waals surface area contributed by atoms with Gasteiger partial charge in [-0.3, -0.25) is 0 Å². The predicted molar refractivity (Wildman–Crippen MR) is 72.1 cm³/mol. The van der Waals surface area contributed by atoms with Crippen LogP contribution in [0.3, 0.4) is 0 Å². The van der Waals surface area contributed by atoms with Gasteiger partial charge in [0.05, 0.1) is 9.64 Å². The lowest BCUT2D eigenvalue weighted by molar-refractivity contribution is 0.542. The van der Waals surface area contributed by atoms with Crippen LogP contribution in [0.25, 0.3) is 0 Å². The maximum absolute atomic E-state index is 12.5. The fourth-order valence-electron chi connectivity index (χ4n) is 1.65. The first-order chi connectivity index (χ1) is 7.48. The second kappa shape index (κ2) is 4.13. The van der Waals surface area contributed by atoms with Crippen molar-refractivity contribution in [1.82, 2.24) is 0 Å². The van der Waals surface area contributed by atoms with Crippen molar-refractivity contribution in [3.05, 3.63) is 29.8 Å². The normalized spacial score (nSPS) is 13.8. The van der Waals surface area contributed by atoms with Crippen LogP contribution in [0.2, 0.25) is 0 Å². The topological polar surface area (TPSA) is 34.1 Å². The molecule has 0 saturated carbocycles. The highest BCUT2D eigenvalue weighted by atomic mass is 32.2. The molecule has 1 aromatic carbocycles. The van der Waals surface area contributed by atoms with Gasteiger partial charge in [-0.05, 0) is 37.8 Å². The highest BCUT2D eigenvalue weighted by Gasteiger charge is 2.34. The fourth-order valence-corrected chi connectivity index (χ4v) is 3.23. The molecule has 0 heterocycles. The molecule has 0 aliphatic rings. The van der Waals surface area contributed by atoms with Crippen LogP contribution in [-0.2, 0) is 15.3 Å². The SMILES string of the molecule is CC(C)(C)c1ccccc1S(=O)(=O)C(C)(C)C. The average molecular weight is 254 g/mol. The molecule has 3 heteroatoms. The summed E-state index contributed by atoms with van der Waals surface area (Å²) in [4.78, 5) is 0.458. The van der Waals surface area contributed by atoms with E-state index in [9.17, 15) is 8.42 Å². The average Bonchev–Trinajstić information content (AvgIpc) is 2.14. The lowest BCUT2D eigenvalue weighted by Gasteiger charge is -2.27. The molecule has 0 bridgehead atoms. The summed E-state index contributed by atoms with van der Waals surface area (Å²) in [6.45, 7) is 11.3. The first-order valence-corrected chi connectivity index (χ1v) is 7.30. The first kappa shape index (κ1) is 14.2. The molecule has 1 rings (SSSR count). The summed E-state index contributed by atoms with van der Waals surface area (Å²) in [5.74, 6) is 0. The van der Waals surface area contributed by atoms with Crippen molar-refractivity contribution in [1.29, 1.82) is 0 Å². The van der Waals surface area contributed by atoms with E-state index in [0.717, 1.165) is 5.56 Å². The molecule has 0 saturated heterocycles. The van der Waals surface area contributed by atoms with Gasteiger partial charge in [-0.15, -0.1) is 0 Å². The van der Waals surface area contributed by atoms with Crippen LogP contribution in [0, 0.1) is 0 Å². The van der Waals surface area contributed by atoms with Gasteiger partial charge in [0.25, 0.3) is 0 Å². The first-order valence-electron chi connectivity index (χ1n) is 5.82. The van der Waals surface area contributed by atoms with Crippen molar-refractivity contribution in [2.75, 3.05) is 0 Å². The van der Waals surface area contributed by atoms with Crippen LogP contribution in [0.15, 0.2) is 29.2 Å². The van der Waals surface area contributed by atoms with Gasteiger partial charge in [-0.25, -0.2) is 8.42 Å². The van der Waals surface area contributed by atoms with Gasteiger partial charge >= 0.3 is 0 Å². The molecule has 0 unspecified atom stereocenters. The minimum Gasteiger partial charge on any atom is -0.223 e. The Kier molecular flexibility index (Phi) is 3.45. The van der Waals surface area contributed by atoms with Crippen molar-refractivity contribution < 1.29 is 8.42 Å². The van der Waals surface area contributed by atoms with Crippen molar-refractivity contribution in [2.45, 2.75) is 56.6 Å². The molecule has 0 N–H and O–H groups in total. The molecule has 0 fully saturated rings. The molecular formula is C14H22O2S. The van der Waals surface area contributed by atoms with Gasteiger partial charge in [0.2, 0.25) is 0 Å². The van der Waals surface area contributed by atoms with Crippen molar-refractivity contribution in [2.24, 2.45) is 0 Å². The Morgan fingerprint density at radius 1 is 0.882 bits per heavy atom. The third-order valence-electron chi connectivity index (χ3n) is 2.79. The van der Waals surface area contributed by atoms with E-state index >= 15 is 0 Å². The van der Waals surface area contributed by atoms with Crippen LogP contribution in [0.4, 0.5) is 0 Å². The molecule has 0 aromatic heterocycles. The van der Waals surface area contributed by atoms with E-state index in [1.807, 2.05) is 32.9 Å². The van der Waals surface area contributed by atoms with Crippen LogP contribution in [0.5, 0.6) is 0 Å². The third-order valence-corrected chi connectivity index (χ3v) is 5.34. The summed E-state index contributed by atoms with van der Waals surface area (Å²) in [6.07, 6.45) is 0. The standard InChI is InChI=1S/C14H22O2S/c1-13(2,3)11-9-7-8-10-12(11)17(15,16)14(4,5)6/h7-10H,1-6H3. The van der Waals surface area contributed by atoms with Crippen molar-refractivity contribution in [3.8, 4) is 0 Å². The Bertz CT molecular complexity index is 500. The molecule has 1 aromatic rings. The maximum atomic E-state index is 12.5. The number of rotatable bonds is 1. The summed E-state index contributed by atoms with van der Waals surface area (Å²) in [6, 6.07) is 7.29. The quantitative estimate of drug-likeness (QED) is 0.768. The van der Waals surface area contributed by atoms with Gasteiger partial charge in [0.1, 0.15) is 0 Å². The van der Waals surface area contributed by atoms with E-state index in [0.29, 0.717) is 4.90 Å². The molecule has 0 radical (unpaired) electrons. The van der Waals surface area contributed by atoms with E-state index in [1.54, 1.807) is 32.9 Å². The molecule has 0 aliphatic carbocycles. The Labute approximate surface area is 105 Å². The van der Waals surface area contributed by atoms with E-state index in [1.165, 1.54) is 0 Å². The van der Waals surface area contributed by atoms with Crippen LogP contribution in [-0.4, -0.2) is 13.2 Å². The van der Waals surface area contributed by atoms with Crippen molar-refractivity contribution in [3.63, 3.8) is 0 Å². The van der Waals surface area contributed by atoms with Gasteiger partial charge in [0.15, 0.2) is 9.84 Å². The van der Waals surface area contributed by atoms with Crippen LogP contribution >= 0.6 is 0 Å². The van der Waals surface area contributed by atoms with Gasteiger partial charge in [-0.2, -0.15) is 0 Å². The second-order valence-electron chi connectivity index (χ2n) is 6.36. The monoisotopic (exact) mass is 254 g/mol. The number of hydrogen-bond acceptors (Lipinski definition) is 2. The largest absolute Gasteiger partial charge is 0.223 e. The van der Waals surface area contributed by atoms with Gasteiger partial charge < -0.3 is 0 Å². The van der Waals surface area contributed by atoms with Gasteiger partial charge in [-0.1, -0.05) is 39.0 Å². The Morgan fingerprint density at radius 3 is 1.76 bits per heavy atom. The predicted octanol–water partition coefficient (Wildman–Crippen LogP) is 3.56. The molecule has 17 heavy (non-hydrogen) atoms. The lowest BCUT2D eigenvalue weighted by atomic mass is 9.87. The zero-order valence-electron chi connectivity index (χ0n) is 11.5. The summed E-state index contributed by atoms with van der Waals surface area (Å²) < 4.78 is 24.3. The smallest absolute Gasteiger partial charge is 0.183 e. The van der Waals surface area contributed by atoms with E-state index < -0.39 is 14.6 Å². The Morgan fingerprint density at radius 2 is 1.35 bits per heavy atom. The Hall–Kier alpha value is -0.830. The molecule has 96 valence electrons. The van der Waals surface area contributed by atoms with Crippen LogP contribution < -0.4 is 0 Å². The van der Waals surface area contributed by atoms with E-state index in [-0.39, 0.29) is 5.41 Å². The Balaban J connectivity index is 3.55. The minimum atomic E-state index is -3.29. The number of benzene rings is 1. The zero-order chi connectivity index (χ0) is 13.5. The highest BCUT2D eigenvalue weighted by molar-refractivity contribution is 7.92. The molecular weight excluding hydrogens is 232 g/mol. The molecule has 0 spiro atoms. The molecule has 0 amide bonds. The fraction of sp³-hybridized carbons (Fsp3) is 0.571. The van der Waals surface area contributed by atoms with Crippen LogP contribution in [0.1, 0.15) is 47.1 Å². The number of hydrogen-bond donors (Lipinski definition) is 0. The maximum Gasteiger partial charge on any atom is 0.183 e. The van der Waals surface area contributed by atoms with E-state index in [4.69, 9.17) is 0 Å². The zero-order valence-corrected chi connectivity index (χ0v) is 12.4. The summed E-state index contributed by atoms with van der Waals surface area (Å²) in [5, 5.41) is 0. The summed E-state index contributed by atoms with van der Waals surface area (Å²) >= 11 is 0. The summed E-state index contributed by atoms with van der Waals surface area (Å²) in [7, 11) is -3.29. The lowest BCUT2D eigenvalue weighted by Crippen LogP contribution is -2.30.